The van der Waals surface area contributed by atoms with E-state index in [0.29, 0.717) is 34.1 Å². The number of rotatable bonds is 5. The maximum Gasteiger partial charge on any atom is 0.337 e. The smallest absolute Gasteiger partial charge is 0.337 e. The fourth-order valence-electron chi connectivity index (χ4n) is 3.11. The summed E-state index contributed by atoms with van der Waals surface area (Å²) >= 11 is 0. The number of hydrogen-bond acceptors (Lipinski definition) is 6. The van der Waals surface area contributed by atoms with Crippen molar-refractivity contribution in [3.8, 4) is 0 Å². The molecule has 2 N–H and O–H groups in total. The van der Waals surface area contributed by atoms with Crippen LogP contribution < -0.4 is 10.9 Å². The number of aromatic nitrogens is 2. The summed E-state index contributed by atoms with van der Waals surface area (Å²) in [6.45, 7) is 0. The second-order valence-corrected chi connectivity index (χ2v) is 6.56. The van der Waals surface area contributed by atoms with E-state index in [1.54, 1.807) is 42.5 Å². The third kappa shape index (κ3) is 3.83. The van der Waals surface area contributed by atoms with E-state index in [9.17, 15) is 14.4 Å². The second-order valence-electron chi connectivity index (χ2n) is 6.56. The molecule has 8 heteroatoms. The molecule has 0 aliphatic carbocycles. The first-order valence-electron chi connectivity index (χ1n) is 9.08. The number of H-pyrrole nitrogens is 1. The first-order valence-corrected chi connectivity index (χ1v) is 9.08. The molecule has 1 amide bonds. The molecule has 150 valence electrons. The number of carbonyl (C=O) groups is 2. The van der Waals surface area contributed by atoms with E-state index < -0.39 is 11.9 Å². The normalized spacial score (nSPS) is 10.7. The lowest BCUT2D eigenvalue weighted by atomic mass is 10.0. The Morgan fingerprint density at radius 1 is 1.10 bits per heavy atom. The Hall–Kier alpha value is -4.20. The number of esters is 1. The molecule has 0 bridgehead atoms. The minimum atomic E-state index is -0.407. The van der Waals surface area contributed by atoms with Gasteiger partial charge in [-0.15, -0.1) is 0 Å². The third-order valence-electron chi connectivity index (χ3n) is 4.62. The van der Waals surface area contributed by atoms with Crippen molar-refractivity contribution in [3.63, 3.8) is 0 Å². The van der Waals surface area contributed by atoms with Crippen molar-refractivity contribution in [2.45, 2.75) is 6.42 Å². The molecule has 2 aromatic heterocycles. The number of nitrogens with one attached hydrogen (secondary N) is 2. The molecule has 8 nitrogen and oxygen atoms in total. The number of anilines is 1. The van der Waals surface area contributed by atoms with Crippen LogP contribution in [0, 0.1) is 0 Å². The Morgan fingerprint density at radius 2 is 1.90 bits per heavy atom. The molecule has 0 fully saturated rings. The molecule has 0 atom stereocenters. The van der Waals surface area contributed by atoms with Gasteiger partial charge in [0.15, 0.2) is 5.76 Å². The predicted molar refractivity (Wildman–Crippen MR) is 110 cm³/mol. The molecule has 2 heterocycles. The SMILES string of the molecule is COC(=O)c1ccc(Cc2n[nH]c(=O)c3cc(NC(=O)c4ccco4)ccc23)cc1. The summed E-state index contributed by atoms with van der Waals surface area (Å²) in [4.78, 5) is 36.0. The standard InChI is InChI=1S/C22H17N3O5/c1-29-22(28)14-6-4-13(5-7-14)11-18-16-9-8-15(12-17(16)20(26)25-24-18)23-21(27)19-3-2-10-30-19/h2-10,12H,11H2,1H3,(H,23,27)(H,25,26). The minimum absolute atomic E-state index is 0.176. The number of ether oxygens (including phenoxy) is 1. The van der Waals surface area contributed by atoms with Gasteiger partial charge in [-0.05, 0) is 42.0 Å². The predicted octanol–water partition coefficient (Wildman–Crippen LogP) is 3.15. The van der Waals surface area contributed by atoms with Crippen molar-refractivity contribution in [2.75, 3.05) is 12.4 Å². The van der Waals surface area contributed by atoms with E-state index in [0.717, 1.165) is 5.56 Å². The molecule has 0 spiro atoms. The molecular formula is C22H17N3O5. The molecule has 30 heavy (non-hydrogen) atoms. The lowest BCUT2D eigenvalue weighted by molar-refractivity contribution is 0.0600. The summed E-state index contributed by atoms with van der Waals surface area (Å²) < 4.78 is 9.78. The number of furan rings is 1. The van der Waals surface area contributed by atoms with Crippen LogP contribution in [0.15, 0.2) is 70.1 Å². The molecule has 4 aromatic rings. The van der Waals surface area contributed by atoms with Crippen LogP contribution in [-0.2, 0) is 11.2 Å². The van der Waals surface area contributed by atoms with Crippen LogP contribution in [0.2, 0.25) is 0 Å². The van der Waals surface area contributed by atoms with Crippen molar-refractivity contribution in [1.82, 2.24) is 10.2 Å². The lowest BCUT2D eigenvalue weighted by Gasteiger charge is -2.08. The monoisotopic (exact) mass is 403 g/mol. The molecule has 0 radical (unpaired) electrons. The Balaban J connectivity index is 1.62. The van der Waals surface area contributed by atoms with E-state index >= 15 is 0 Å². The van der Waals surface area contributed by atoms with Gasteiger partial charge >= 0.3 is 5.97 Å². The van der Waals surface area contributed by atoms with Gasteiger partial charge in [-0.3, -0.25) is 9.59 Å². The average Bonchev–Trinajstić information content (AvgIpc) is 3.31. The third-order valence-corrected chi connectivity index (χ3v) is 4.62. The number of fused-ring (bicyclic) bond motifs is 1. The molecule has 4 rings (SSSR count). The fourth-order valence-corrected chi connectivity index (χ4v) is 3.11. The van der Waals surface area contributed by atoms with Gasteiger partial charge < -0.3 is 14.5 Å². The summed E-state index contributed by atoms with van der Waals surface area (Å²) in [5.74, 6) is -0.635. The number of amides is 1. The van der Waals surface area contributed by atoms with Gasteiger partial charge in [0.1, 0.15) is 0 Å². The molecule has 0 aliphatic rings. The van der Waals surface area contributed by atoms with Gasteiger partial charge in [0.25, 0.3) is 11.5 Å². The Labute approximate surface area is 170 Å². The lowest BCUT2D eigenvalue weighted by Crippen LogP contribution is -2.14. The number of carbonyl (C=O) groups excluding carboxylic acids is 2. The van der Waals surface area contributed by atoms with Crippen molar-refractivity contribution in [3.05, 3.63) is 93.8 Å². The highest BCUT2D eigenvalue weighted by molar-refractivity contribution is 6.03. The van der Waals surface area contributed by atoms with Crippen molar-refractivity contribution < 1.29 is 18.7 Å². The van der Waals surface area contributed by atoms with Gasteiger partial charge in [-0.25, -0.2) is 9.89 Å². The molecule has 0 saturated carbocycles. The number of methoxy groups -OCH3 is 1. The molecular weight excluding hydrogens is 386 g/mol. The van der Waals surface area contributed by atoms with E-state index in [1.807, 2.05) is 12.1 Å². The van der Waals surface area contributed by atoms with Crippen LogP contribution in [0.1, 0.15) is 32.2 Å². The number of hydrogen-bond donors (Lipinski definition) is 2. The number of aromatic amines is 1. The van der Waals surface area contributed by atoms with E-state index in [1.165, 1.54) is 13.4 Å². The van der Waals surface area contributed by atoms with E-state index in [-0.39, 0.29) is 11.3 Å². The first-order chi connectivity index (χ1) is 14.5. The van der Waals surface area contributed by atoms with E-state index in [2.05, 4.69) is 15.5 Å². The minimum Gasteiger partial charge on any atom is -0.465 e. The van der Waals surface area contributed by atoms with Gasteiger partial charge in [-0.1, -0.05) is 18.2 Å². The summed E-state index contributed by atoms with van der Waals surface area (Å²) in [5, 5.41) is 10.5. The van der Waals surface area contributed by atoms with Crippen LogP contribution in [0.3, 0.4) is 0 Å². The van der Waals surface area contributed by atoms with Crippen LogP contribution in [0.4, 0.5) is 5.69 Å². The zero-order chi connectivity index (χ0) is 21.1. The second kappa shape index (κ2) is 8.04. The maximum absolute atomic E-state index is 12.3. The highest BCUT2D eigenvalue weighted by atomic mass is 16.5. The molecule has 2 aromatic carbocycles. The highest BCUT2D eigenvalue weighted by Gasteiger charge is 2.12. The van der Waals surface area contributed by atoms with Gasteiger partial charge in [-0.2, -0.15) is 5.10 Å². The summed E-state index contributed by atoms with van der Waals surface area (Å²) in [6.07, 6.45) is 1.86. The zero-order valence-corrected chi connectivity index (χ0v) is 16.0. The fraction of sp³-hybridized carbons (Fsp3) is 0.0909. The summed E-state index contributed by atoms with van der Waals surface area (Å²) in [7, 11) is 1.33. The van der Waals surface area contributed by atoms with Gasteiger partial charge in [0.2, 0.25) is 0 Å². The average molecular weight is 403 g/mol. The van der Waals surface area contributed by atoms with Crippen LogP contribution in [0.5, 0.6) is 0 Å². The van der Waals surface area contributed by atoms with Gasteiger partial charge in [0, 0.05) is 17.5 Å². The zero-order valence-electron chi connectivity index (χ0n) is 16.0. The topological polar surface area (TPSA) is 114 Å². The van der Waals surface area contributed by atoms with Crippen LogP contribution >= 0.6 is 0 Å². The quantitative estimate of drug-likeness (QED) is 0.495. The van der Waals surface area contributed by atoms with E-state index in [4.69, 9.17) is 9.15 Å². The number of nitrogens with zero attached hydrogens (tertiary/aromatic N) is 1. The summed E-state index contributed by atoms with van der Waals surface area (Å²) in [5.41, 5.74) is 2.15. The first kappa shape index (κ1) is 19.1. The maximum atomic E-state index is 12.3. The Kier molecular flexibility index (Phi) is 5.13. The summed E-state index contributed by atoms with van der Waals surface area (Å²) in [6, 6.07) is 15.2. The van der Waals surface area contributed by atoms with Crippen molar-refractivity contribution in [1.29, 1.82) is 0 Å². The highest BCUT2D eigenvalue weighted by Crippen LogP contribution is 2.21. The Bertz CT molecular complexity index is 1270. The largest absolute Gasteiger partial charge is 0.465 e. The molecule has 0 unspecified atom stereocenters. The van der Waals surface area contributed by atoms with Crippen molar-refractivity contribution in [2.24, 2.45) is 0 Å². The Morgan fingerprint density at radius 3 is 2.60 bits per heavy atom. The van der Waals surface area contributed by atoms with Crippen LogP contribution in [-0.4, -0.2) is 29.2 Å². The van der Waals surface area contributed by atoms with Gasteiger partial charge in [0.05, 0.1) is 30.0 Å². The number of benzene rings is 2. The van der Waals surface area contributed by atoms with Crippen molar-refractivity contribution >= 4 is 28.3 Å². The molecule has 0 saturated heterocycles. The van der Waals surface area contributed by atoms with Crippen LogP contribution in [0.25, 0.3) is 10.8 Å². The molecule has 0 aliphatic heterocycles.